The van der Waals surface area contributed by atoms with Crippen molar-refractivity contribution in [1.82, 2.24) is 25.0 Å². The van der Waals surface area contributed by atoms with Gasteiger partial charge in [0.2, 0.25) is 5.91 Å². The average Bonchev–Trinajstić information content (AvgIpc) is 2.88. The van der Waals surface area contributed by atoms with E-state index in [0.29, 0.717) is 55.7 Å². The van der Waals surface area contributed by atoms with Crippen molar-refractivity contribution in [1.29, 1.82) is 0 Å². The fourth-order valence-corrected chi connectivity index (χ4v) is 3.60. The smallest absolute Gasteiger partial charge is 0.409 e. The number of rotatable bonds is 9. The summed E-state index contributed by atoms with van der Waals surface area (Å²) in [6.45, 7) is 7.78. The second-order valence-corrected chi connectivity index (χ2v) is 8.22. The molecule has 11 heteroatoms. The lowest BCUT2D eigenvalue weighted by molar-refractivity contribution is -0.132. The topological polar surface area (TPSA) is 127 Å². The van der Waals surface area contributed by atoms with Crippen LogP contribution >= 0.6 is 0 Å². The molecule has 1 atom stereocenters. The van der Waals surface area contributed by atoms with E-state index >= 15 is 0 Å². The Balaban J connectivity index is 1.59. The number of H-pyrrole nitrogens is 1. The highest BCUT2D eigenvalue weighted by molar-refractivity contribution is 5.77. The molecule has 2 heterocycles. The molecule has 1 aromatic heterocycles. The number of carbonyl (C=O) groups is 2. The number of benzene rings is 1. The molecule has 3 rings (SSSR count). The molecule has 0 radical (unpaired) electrons. The van der Waals surface area contributed by atoms with Gasteiger partial charge in [0, 0.05) is 44.6 Å². The third-order valence-electron chi connectivity index (χ3n) is 5.84. The quantitative estimate of drug-likeness (QED) is 0.571. The summed E-state index contributed by atoms with van der Waals surface area (Å²) in [6, 6.07) is 5.28. The first-order valence-electron chi connectivity index (χ1n) is 11.9. The number of aromatic nitrogens is 3. The van der Waals surface area contributed by atoms with Crippen LogP contribution in [0.5, 0.6) is 11.5 Å². The SMILES string of the molecule is CCOC(=O)N1CCN(C(=O)CCc2nnc(-c3ccc(OC(C)CC)c(OC)c3)[nH]c2=O)CC1. The normalized spacial score (nSPS) is 14.4. The van der Waals surface area contributed by atoms with E-state index in [1.54, 1.807) is 42.0 Å². The van der Waals surface area contributed by atoms with Gasteiger partial charge in [-0.1, -0.05) is 6.92 Å². The van der Waals surface area contributed by atoms with E-state index in [1.165, 1.54) is 0 Å². The highest BCUT2D eigenvalue weighted by atomic mass is 16.6. The summed E-state index contributed by atoms with van der Waals surface area (Å²) in [6.07, 6.45) is 0.836. The molecule has 1 aliphatic rings. The summed E-state index contributed by atoms with van der Waals surface area (Å²) in [4.78, 5) is 43.0. The van der Waals surface area contributed by atoms with Crippen LogP contribution in [0.4, 0.5) is 4.79 Å². The maximum atomic E-state index is 12.6. The predicted octanol–water partition coefficient (Wildman–Crippen LogP) is 2.25. The number of hydrogen-bond acceptors (Lipinski definition) is 8. The Labute approximate surface area is 204 Å². The lowest BCUT2D eigenvalue weighted by atomic mass is 10.1. The molecule has 1 N–H and O–H groups in total. The fraction of sp³-hybridized carbons (Fsp3) is 0.542. The Kier molecular flexibility index (Phi) is 9.04. The number of methoxy groups -OCH3 is 1. The van der Waals surface area contributed by atoms with Crippen molar-refractivity contribution >= 4 is 12.0 Å². The number of nitrogens with zero attached hydrogens (tertiary/aromatic N) is 4. The van der Waals surface area contributed by atoms with Crippen LogP contribution in [-0.4, -0.2) is 83.0 Å². The van der Waals surface area contributed by atoms with Gasteiger partial charge in [0.05, 0.1) is 19.8 Å². The molecule has 0 aliphatic carbocycles. The van der Waals surface area contributed by atoms with Gasteiger partial charge in [-0.2, -0.15) is 0 Å². The zero-order valence-electron chi connectivity index (χ0n) is 20.7. The Bertz CT molecular complexity index is 1080. The Morgan fingerprint density at radius 2 is 1.80 bits per heavy atom. The van der Waals surface area contributed by atoms with Crippen molar-refractivity contribution < 1.29 is 23.8 Å². The van der Waals surface area contributed by atoms with Crippen molar-refractivity contribution in [3.05, 3.63) is 34.2 Å². The van der Waals surface area contributed by atoms with Crippen molar-refractivity contribution in [3.63, 3.8) is 0 Å². The number of ether oxygens (including phenoxy) is 3. The number of hydrogen-bond donors (Lipinski definition) is 1. The lowest BCUT2D eigenvalue weighted by Crippen LogP contribution is -2.50. The first kappa shape index (κ1) is 26.0. The zero-order chi connectivity index (χ0) is 25.4. The Hall–Kier alpha value is -3.63. The highest BCUT2D eigenvalue weighted by Gasteiger charge is 2.25. The van der Waals surface area contributed by atoms with Crippen LogP contribution in [0.1, 0.15) is 39.3 Å². The molecule has 1 saturated heterocycles. The molecule has 1 aliphatic heterocycles. The number of amides is 2. The van der Waals surface area contributed by atoms with Crippen LogP contribution in [0.15, 0.2) is 23.0 Å². The predicted molar refractivity (Wildman–Crippen MR) is 129 cm³/mol. The van der Waals surface area contributed by atoms with Crippen LogP contribution in [0, 0.1) is 0 Å². The standard InChI is InChI=1S/C24H33N5O6/c1-5-16(3)35-19-9-7-17(15-20(19)33-4)22-25-23(31)18(26-27-22)8-10-21(30)28-11-13-29(14-12-28)24(32)34-6-2/h7,9,15-16H,5-6,8,10-14H2,1-4H3,(H,25,27,31). The van der Waals surface area contributed by atoms with Crippen molar-refractivity contribution in [2.24, 2.45) is 0 Å². The first-order valence-corrected chi connectivity index (χ1v) is 11.9. The highest BCUT2D eigenvalue weighted by Crippen LogP contribution is 2.32. The molecule has 190 valence electrons. The van der Waals surface area contributed by atoms with E-state index in [0.717, 1.165) is 6.42 Å². The number of aryl methyl sites for hydroxylation is 1. The van der Waals surface area contributed by atoms with Gasteiger partial charge in [-0.15, -0.1) is 10.2 Å². The van der Waals surface area contributed by atoms with E-state index in [9.17, 15) is 14.4 Å². The lowest BCUT2D eigenvalue weighted by Gasteiger charge is -2.34. The first-order chi connectivity index (χ1) is 16.9. The molecule has 0 saturated carbocycles. The van der Waals surface area contributed by atoms with Crippen molar-refractivity contribution in [3.8, 4) is 22.9 Å². The Morgan fingerprint density at radius 1 is 1.09 bits per heavy atom. The maximum absolute atomic E-state index is 12.6. The monoisotopic (exact) mass is 487 g/mol. The van der Waals surface area contributed by atoms with E-state index in [-0.39, 0.29) is 36.6 Å². The van der Waals surface area contributed by atoms with Gasteiger partial charge in [0.25, 0.3) is 5.56 Å². The molecule has 2 amide bonds. The molecule has 0 spiro atoms. The zero-order valence-corrected chi connectivity index (χ0v) is 20.7. The van der Waals surface area contributed by atoms with Crippen LogP contribution in [-0.2, 0) is 16.0 Å². The molecule has 35 heavy (non-hydrogen) atoms. The van der Waals surface area contributed by atoms with Crippen LogP contribution < -0.4 is 15.0 Å². The summed E-state index contributed by atoms with van der Waals surface area (Å²) < 4.78 is 16.3. The molecule has 1 fully saturated rings. The largest absolute Gasteiger partial charge is 0.493 e. The number of nitrogens with one attached hydrogen (secondary N) is 1. The second-order valence-electron chi connectivity index (χ2n) is 8.22. The van der Waals surface area contributed by atoms with Gasteiger partial charge in [-0.25, -0.2) is 4.79 Å². The van der Waals surface area contributed by atoms with Gasteiger partial charge in [-0.05, 0) is 38.5 Å². The molecule has 11 nitrogen and oxygen atoms in total. The van der Waals surface area contributed by atoms with E-state index < -0.39 is 5.56 Å². The Morgan fingerprint density at radius 3 is 2.43 bits per heavy atom. The van der Waals surface area contributed by atoms with Crippen LogP contribution in [0.25, 0.3) is 11.4 Å². The van der Waals surface area contributed by atoms with Gasteiger partial charge in [0.1, 0.15) is 5.69 Å². The molecule has 1 aromatic carbocycles. The summed E-state index contributed by atoms with van der Waals surface area (Å²) in [7, 11) is 1.55. The third kappa shape index (κ3) is 6.71. The van der Waals surface area contributed by atoms with E-state index in [4.69, 9.17) is 14.2 Å². The maximum Gasteiger partial charge on any atom is 0.409 e. The average molecular weight is 488 g/mol. The summed E-state index contributed by atoms with van der Waals surface area (Å²) in [5, 5.41) is 8.21. The number of aromatic amines is 1. The van der Waals surface area contributed by atoms with Gasteiger partial charge in [0.15, 0.2) is 17.3 Å². The molecule has 2 aromatic rings. The summed E-state index contributed by atoms with van der Waals surface area (Å²) in [5.41, 5.74) is 0.426. The summed E-state index contributed by atoms with van der Waals surface area (Å²) >= 11 is 0. The minimum absolute atomic E-state index is 0.0396. The van der Waals surface area contributed by atoms with E-state index in [1.807, 2.05) is 13.8 Å². The molecule has 0 bridgehead atoms. The van der Waals surface area contributed by atoms with Crippen molar-refractivity contribution in [2.75, 3.05) is 39.9 Å². The van der Waals surface area contributed by atoms with Crippen LogP contribution in [0.3, 0.4) is 0 Å². The fourth-order valence-electron chi connectivity index (χ4n) is 3.60. The molecular weight excluding hydrogens is 454 g/mol. The van der Waals surface area contributed by atoms with E-state index in [2.05, 4.69) is 15.2 Å². The van der Waals surface area contributed by atoms with Gasteiger partial charge in [-0.3, -0.25) is 9.59 Å². The number of piperazine rings is 1. The summed E-state index contributed by atoms with van der Waals surface area (Å²) in [5.74, 6) is 1.34. The number of carbonyl (C=O) groups excluding carboxylic acids is 2. The second kappa shape index (κ2) is 12.2. The molecular formula is C24H33N5O6. The van der Waals surface area contributed by atoms with Gasteiger partial charge >= 0.3 is 6.09 Å². The third-order valence-corrected chi connectivity index (χ3v) is 5.84. The van der Waals surface area contributed by atoms with Crippen LogP contribution in [0.2, 0.25) is 0 Å². The minimum Gasteiger partial charge on any atom is -0.493 e. The minimum atomic E-state index is -0.395. The van der Waals surface area contributed by atoms with Crippen molar-refractivity contribution in [2.45, 2.75) is 46.1 Å². The molecule has 1 unspecified atom stereocenters. The van der Waals surface area contributed by atoms with Gasteiger partial charge < -0.3 is 29.0 Å².